The quantitative estimate of drug-likeness (QED) is 0.841. The van der Waals surface area contributed by atoms with E-state index >= 15 is 0 Å². The number of esters is 1. The number of hydrogen-bond donors (Lipinski definition) is 1. The van der Waals surface area contributed by atoms with Gasteiger partial charge in [-0.3, -0.25) is 4.90 Å². The standard InChI is InChI=1S/C14H20N4O3/c1-4-17-8-9-18(11-6-5-7-15-12(11)17)14(20)16-10(2)13(19)21-3/h5-7,10H,4,8-9H2,1-3H3,(H,16,20). The van der Waals surface area contributed by atoms with Crippen LogP contribution in [0.4, 0.5) is 16.3 Å². The predicted octanol–water partition coefficient (Wildman–Crippen LogP) is 0.999. The Labute approximate surface area is 123 Å². The van der Waals surface area contributed by atoms with E-state index in [0.29, 0.717) is 13.1 Å². The van der Waals surface area contributed by atoms with Gasteiger partial charge in [0.05, 0.1) is 12.8 Å². The third kappa shape index (κ3) is 3.07. The van der Waals surface area contributed by atoms with Crippen LogP contribution in [0.3, 0.4) is 0 Å². The number of nitrogens with zero attached hydrogens (tertiary/aromatic N) is 3. The highest BCUT2D eigenvalue weighted by molar-refractivity contribution is 5.97. The zero-order valence-electron chi connectivity index (χ0n) is 12.5. The average Bonchev–Trinajstić information content (AvgIpc) is 2.52. The maximum Gasteiger partial charge on any atom is 0.328 e. The number of rotatable bonds is 3. The first-order valence-corrected chi connectivity index (χ1v) is 6.94. The lowest BCUT2D eigenvalue weighted by Gasteiger charge is -2.36. The summed E-state index contributed by atoms with van der Waals surface area (Å²) >= 11 is 0. The summed E-state index contributed by atoms with van der Waals surface area (Å²) in [6, 6.07) is 2.64. The van der Waals surface area contributed by atoms with Crippen molar-refractivity contribution < 1.29 is 14.3 Å². The number of pyridine rings is 1. The monoisotopic (exact) mass is 292 g/mol. The van der Waals surface area contributed by atoms with Crippen LogP contribution in [0.1, 0.15) is 13.8 Å². The molecule has 0 spiro atoms. The number of likely N-dealkylation sites (N-methyl/N-ethyl adjacent to an activating group) is 1. The lowest BCUT2D eigenvalue weighted by atomic mass is 10.2. The number of carbonyl (C=O) groups is 2. The zero-order valence-corrected chi connectivity index (χ0v) is 12.5. The average molecular weight is 292 g/mol. The summed E-state index contributed by atoms with van der Waals surface area (Å²) in [7, 11) is 1.30. The number of amides is 2. The Balaban J connectivity index is 2.17. The summed E-state index contributed by atoms with van der Waals surface area (Å²) in [4.78, 5) is 31.8. The number of fused-ring (bicyclic) bond motifs is 1. The van der Waals surface area contributed by atoms with Crippen molar-refractivity contribution in [2.75, 3.05) is 36.5 Å². The molecule has 2 amide bonds. The molecule has 0 saturated carbocycles. The maximum absolute atomic E-state index is 12.3. The zero-order chi connectivity index (χ0) is 15.4. The molecule has 1 unspecified atom stereocenters. The minimum atomic E-state index is -0.688. The van der Waals surface area contributed by atoms with Crippen LogP contribution in [-0.4, -0.2) is 49.8 Å². The van der Waals surface area contributed by atoms with Crippen LogP contribution < -0.4 is 15.1 Å². The van der Waals surface area contributed by atoms with Crippen LogP contribution in [0, 0.1) is 0 Å². The van der Waals surface area contributed by atoms with Gasteiger partial charge in [-0.05, 0) is 26.0 Å². The van der Waals surface area contributed by atoms with E-state index in [-0.39, 0.29) is 6.03 Å². The molecule has 21 heavy (non-hydrogen) atoms. The summed E-state index contributed by atoms with van der Waals surface area (Å²) in [5.74, 6) is 0.314. The molecular weight excluding hydrogens is 272 g/mol. The molecule has 1 N–H and O–H groups in total. The second-order valence-corrected chi connectivity index (χ2v) is 4.77. The number of methoxy groups -OCH3 is 1. The van der Waals surface area contributed by atoms with Gasteiger partial charge in [0.1, 0.15) is 6.04 Å². The molecule has 2 rings (SSSR count). The molecule has 7 heteroatoms. The topological polar surface area (TPSA) is 74.8 Å². The molecule has 0 fully saturated rings. The number of urea groups is 1. The summed E-state index contributed by atoms with van der Waals surface area (Å²) in [6.07, 6.45) is 1.71. The highest BCUT2D eigenvalue weighted by atomic mass is 16.5. The largest absolute Gasteiger partial charge is 0.467 e. The molecule has 2 heterocycles. The van der Waals surface area contributed by atoms with Gasteiger partial charge in [-0.1, -0.05) is 0 Å². The number of nitrogens with one attached hydrogen (secondary N) is 1. The molecule has 1 aliphatic rings. The lowest BCUT2D eigenvalue weighted by Crippen LogP contribution is -2.51. The Morgan fingerprint density at radius 1 is 1.48 bits per heavy atom. The number of hydrogen-bond acceptors (Lipinski definition) is 5. The molecule has 1 aromatic rings. The van der Waals surface area contributed by atoms with E-state index in [1.165, 1.54) is 7.11 Å². The fraction of sp³-hybridized carbons (Fsp3) is 0.500. The van der Waals surface area contributed by atoms with E-state index in [2.05, 4.69) is 19.9 Å². The van der Waals surface area contributed by atoms with Crippen molar-refractivity contribution in [1.82, 2.24) is 10.3 Å². The van der Waals surface area contributed by atoms with Gasteiger partial charge in [0.25, 0.3) is 0 Å². The van der Waals surface area contributed by atoms with Gasteiger partial charge >= 0.3 is 12.0 Å². The van der Waals surface area contributed by atoms with Crippen molar-refractivity contribution in [3.05, 3.63) is 18.3 Å². The van der Waals surface area contributed by atoms with Gasteiger partial charge in [0.15, 0.2) is 5.82 Å². The Bertz CT molecular complexity index is 535. The van der Waals surface area contributed by atoms with E-state index in [1.807, 2.05) is 13.0 Å². The molecule has 0 aliphatic carbocycles. The normalized spacial score (nSPS) is 15.2. The minimum absolute atomic E-state index is 0.321. The third-order valence-corrected chi connectivity index (χ3v) is 3.47. The molecule has 1 aliphatic heterocycles. The van der Waals surface area contributed by atoms with Crippen molar-refractivity contribution >= 4 is 23.5 Å². The van der Waals surface area contributed by atoms with E-state index in [1.54, 1.807) is 24.1 Å². The van der Waals surface area contributed by atoms with Crippen LogP contribution in [0.15, 0.2) is 18.3 Å². The van der Waals surface area contributed by atoms with Crippen LogP contribution in [0.5, 0.6) is 0 Å². The smallest absolute Gasteiger partial charge is 0.328 e. The number of anilines is 2. The molecule has 0 saturated heterocycles. The van der Waals surface area contributed by atoms with E-state index in [4.69, 9.17) is 0 Å². The lowest BCUT2D eigenvalue weighted by molar-refractivity contribution is -0.142. The first-order valence-electron chi connectivity index (χ1n) is 6.94. The SMILES string of the molecule is CCN1CCN(C(=O)NC(C)C(=O)OC)c2cccnc21. The predicted molar refractivity (Wildman–Crippen MR) is 79.5 cm³/mol. The number of aromatic nitrogens is 1. The van der Waals surface area contributed by atoms with Gasteiger partial charge in [-0.2, -0.15) is 0 Å². The van der Waals surface area contributed by atoms with Crippen LogP contribution in [-0.2, 0) is 9.53 Å². The molecule has 0 bridgehead atoms. The summed E-state index contributed by atoms with van der Waals surface area (Å²) < 4.78 is 4.61. The van der Waals surface area contributed by atoms with Crippen molar-refractivity contribution in [1.29, 1.82) is 0 Å². The fourth-order valence-corrected chi connectivity index (χ4v) is 2.31. The van der Waals surface area contributed by atoms with Gasteiger partial charge in [0, 0.05) is 25.8 Å². The maximum atomic E-state index is 12.3. The number of ether oxygens (including phenoxy) is 1. The molecule has 114 valence electrons. The van der Waals surface area contributed by atoms with Crippen molar-refractivity contribution in [3.63, 3.8) is 0 Å². The first-order chi connectivity index (χ1) is 10.1. The molecule has 1 atom stereocenters. The van der Waals surface area contributed by atoms with Crippen molar-refractivity contribution in [3.8, 4) is 0 Å². The highest BCUT2D eigenvalue weighted by Gasteiger charge is 2.28. The Hall–Kier alpha value is -2.31. The number of carbonyl (C=O) groups excluding carboxylic acids is 2. The second kappa shape index (κ2) is 6.43. The van der Waals surface area contributed by atoms with E-state index < -0.39 is 12.0 Å². The molecule has 7 nitrogen and oxygen atoms in total. The Kier molecular flexibility index (Phi) is 4.62. The van der Waals surface area contributed by atoms with Crippen LogP contribution in [0.25, 0.3) is 0 Å². The highest BCUT2D eigenvalue weighted by Crippen LogP contribution is 2.30. The Morgan fingerprint density at radius 3 is 2.90 bits per heavy atom. The van der Waals surface area contributed by atoms with Gasteiger partial charge in [0.2, 0.25) is 0 Å². The summed E-state index contributed by atoms with van der Waals surface area (Å²) in [5, 5.41) is 2.64. The van der Waals surface area contributed by atoms with Gasteiger partial charge in [-0.15, -0.1) is 0 Å². The first kappa shape index (κ1) is 15.1. The molecule has 0 aromatic carbocycles. The summed E-state index contributed by atoms with van der Waals surface area (Å²) in [6.45, 7) is 5.73. The van der Waals surface area contributed by atoms with Gasteiger partial charge in [-0.25, -0.2) is 14.6 Å². The second-order valence-electron chi connectivity index (χ2n) is 4.77. The van der Waals surface area contributed by atoms with Crippen molar-refractivity contribution in [2.24, 2.45) is 0 Å². The van der Waals surface area contributed by atoms with Crippen molar-refractivity contribution in [2.45, 2.75) is 19.9 Å². The minimum Gasteiger partial charge on any atom is -0.467 e. The Morgan fingerprint density at radius 2 is 2.24 bits per heavy atom. The van der Waals surface area contributed by atoms with Crippen LogP contribution in [0.2, 0.25) is 0 Å². The molecule has 0 radical (unpaired) electrons. The fourth-order valence-electron chi connectivity index (χ4n) is 2.31. The third-order valence-electron chi connectivity index (χ3n) is 3.47. The van der Waals surface area contributed by atoms with E-state index in [0.717, 1.165) is 18.1 Å². The molecule has 1 aromatic heterocycles. The summed E-state index contributed by atoms with van der Waals surface area (Å²) in [5.41, 5.74) is 0.750. The van der Waals surface area contributed by atoms with Crippen LogP contribution >= 0.6 is 0 Å². The van der Waals surface area contributed by atoms with E-state index in [9.17, 15) is 9.59 Å². The van der Waals surface area contributed by atoms with Gasteiger partial charge < -0.3 is 15.0 Å². The molecular formula is C14H20N4O3.